The fourth-order valence-corrected chi connectivity index (χ4v) is 3.96. The van der Waals surface area contributed by atoms with E-state index in [1.165, 1.54) is 0 Å². The number of hydrogen-bond acceptors (Lipinski definition) is 6. The van der Waals surface area contributed by atoms with Gasteiger partial charge in [0.1, 0.15) is 17.3 Å². The summed E-state index contributed by atoms with van der Waals surface area (Å²) in [4.78, 5) is 12.0. The molecule has 144 valence electrons. The van der Waals surface area contributed by atoms with Crippen molar-refractivity contribution in [3.8, 4) is 17.4 Å². The zero-order chi connectivity index (χ0) is 18.6. The Morgan fingerprint density at radius 3 is 2.70 bits per heavy atom. The summed E-state index contributed by atoms with van der Waals surface area (Å²) in [6.07, 6.45) is 3.36. The number of benzene rings is 1. The summed E-state index contributed by atoms with van der Waals surface area (Å²) in [7, 11) is 1.65. The Labute approximate surface area is 160 Å². The normalized spacial score (nSPS) is 21.3. The molecule has 2 aliphatic rings. The summed E-state index contributed by atoms with van der Waals surface area (Å²) in [6, 6.07) is 10.1. The average molecular weight is 369 g/mol. The second-order valence-corrected chi connectivity index (χ2v) is 7.31. The molecule has 1 aromatic carbocycles. The molecule has 2 aromatic rings. The lowest BCUT2D eigenvalue weighted by Gasteiger charge is -2.30. The third-order valence-corrected chi connectivity index (χ3v) is 5.40. The van der Waals surface area contributed by atoms with Crippen molar-refractivity contribution in [2.24, 2.45) is 0 Å². The van der Waals surface area contributed by atoms with Crippen LogP contribution in [0, 0.1) is 6.92 Å². The number of methoxy groups -OCH3 is 1. The minimum absolute atomic E-state index is 0.361. The molecule has 0 radical (unpaired) electrons. The fourth-order valence-electron chi connectivity index (χ4n) is 3.96. The number of ether oxygens (including phenoxy) is 3. The van der Waals surface area contributed by atoms with E-state index in [0.29, 0.717) is 23.6 Å². The van der Waals surface area contributed by atoms with Crippen molar-refractivity contribution >= 4 is 0 Å². The number of nitrogens with zero attached hydrogens (tertiary/aromatic N) is 3. The monoisotopic (exact) mass is 369 g/mol. The minimum atomic E-state index is 0.361. The summed E-state index contributed by atoms with van der Waals surface area (Å²) in [5.41, 5.74) is 0.933. The molecule has 27 heavy (non-hydrogen) atoms. The van der Waals surface area contributed by atoms with Crippen LogP contribution in [-0.2, 0) is 4.74 Å². The molecule has 6 nitrogen and oxygen atoms in total. The smallest absolute Gasteiger partial charge is 0.222 e. The van der Waals surface area contributed by atoms with Gasteiger partial charge in [-0.3, -0.25) is 4.90 Å². The van der Waals surface area contributed by atoms with E-state index in [1.54, 1.807) is 7.11 Å². The van der Waals surface area contributed by atoms with Gasteiger partial charge >= 0.3 is 0 Å². The molecule has 1 atom stereocenters. The maximum atomic E-state index is 5.98. The van der Waals surface area contributed by atoms with Crippen molar-refractivity contribution in [1.29, 1.82) is 0 Å². The third-order valence-electron chi connectivity index (χ3n) is 5.40. The Kier molecular flexibility index (Phi) is 5.55. The van der Waals surface area contributed by atoms with Crippen molar-refractivity contribution in [3.63, 3.8) is 0 Å². The van der Waals surface area contributed by atoms with E-state index < -0.39 is 0 Å². The van der Waals surface area contributed by atoms with Crippen LogP contribution in [0.1, 0.15) is 36.7 Å². The summed E-state index contributed by atoms with van der Waals surface area (Å²) >= 11 is 0. The van der Waals surface area contributed by atoms with Gasteiger partial charge in [-0.15, -0.1) is 0 Å². The van der Waals surface area contributed by atoms with Gasteiger partial charge < -0.3 is 14.2 Å². The topological polar surface area (TPSA) is 56.7 Å². The van der Waals surface area contributed by atoms with Crippen LogP contribution >= 0.6 is 0 Å². The van der Waals surface area contributed by atoms with Gasteiger partial charge in [0.25, 0.3) is 0 Å². The first-order valence-electron chi connectivity index (χ1n) is 9.70. The second kappa shape index (κ2) is 8.23. The van der Waals surface area contributed by atoms with Gasteiger partial charge in [0, 0.05) is 49.5 Å². The predicted octanol–water partition coefficient (Wildman–Crippen LogP) is 3.55. The summed E-state index contributed by atoms with van der Waals surface area (Å²) in [5, 5.41) is 0. The van der Waals surface area contributed by atoms with Crippen LogP contribution in [0.15, 0.2) is 30.3 Å². The van der Waals surface area contributed by atoms with Crippen molar-refractivity contribution < 1.29 is 14.2 Å². The van der Waals surface area contributed by atoms with E-state index in [2.05, 4.69) is 4.90 Å². The number of hydrogen-bond donors (Lipinski definition) is 0. The van der Waals surface area contributed by atoms with Crippen LogP contribution in [0.3, 0.4) is 0 Å². The maximum Gasteiger partial charge on any atom is 0.222 e. The van der Waals surface area contributed by atoms with E-state index in [4.69, 9.17) is 24.2 Å². The molecule has 2 aliphatic heterocycles. The first-order valence-corrected chi connectivity index (χ1v) is 9.70. The fraction of sp³-hybridized carbons (Fsp3) is 0.524. The Morgan fingerprint density at radius 2 is 1.89 bits per heavy atom. The number of aromatic nitrogens is 2. The van der Waals surface area contributed by atoms with Gasteiger partial charge in [0.2, 0.25) is 5.88 Å². The lowest BCUT2D eigenvalue weighted by atomic mass is 10.1. The molecule has 3 heterocycles. The molecule has 0 saturated carbocycles. The molecule has 2 fully saturated rings. The largest absolute Gasteiger partial charge is 0.497 e. The third kappa shape index (κ3) is 4.39. The van der Waals surface area contributed by atoms with Crippen molar-refractivity contribution in [2.45, 2.75) is 38.1 Å². The summed E-state index contributed by atoms with van der Waals surface area (Å²) in [6.45, 7) is 5.89. The molecular formula is C21H27N3O3. The van der Waals surface area contributed by atoms with E-state index in [0.717, 1.165) is 62.8 Å². The molecule has 2 saturated heterocycles. The van der Waals surface area contributed by atoms with Crippen LogP contribution in [0.4, 0.5) is 0 Å². The molecule has 0 spiro atoms. The number of aryl methyl sites for hydroxylation is 1. The van der Waals surface area contributed by atoms with E-state index in [-0.39, 0.29) is 0 Å². The molecule has 0 amide bonds. The predicted molar refractivity (Wildman–Crippen MR) is 103 cm³/mol. The van der Waals surface area contributed by atoms with Gasteiger partial charge in [-0.1, -0.05) is 6.07 Å². The standard InChI is InChI=1S/C21H27N3O3/c1-15-12-20(27-19-5-3-4-18(13-19)25-2)23-21(22-15)16-6-9-24(14-16)17-7-10-26-11-8-17/h3-5,12-13,16-17H,6-11,14H2,1-2H3. The van der Waals surface area contributed by atoms with Gasteiger partial charge in [-0.2, -0.15) is 4.98 Å². The van der Waals surface area contributed by atoms with Crippen LogP contribution < -0.4 is 9.47 Å². The molecular weight excluding hydrogens is 342 g/mol. The highest BCUT2D eigenvalue weighted by Gasteiger charge is 2.31. The van der Waals surface area contributed by atoms with E-state index in [9.17, 15) is 0 Å². The number of likely N-dealkylation sites (tertiary alicyclic amines) is 1. The highest BCUT2D eigenvalue weighted by molar-refractivity contribution is 5.35. The van der Waals surface area contributed by atoms with Crippen molar-refractivity contribution in [2.75, 3.05) is 33.4 Å². The molecule has 0 N–H and O–H groups in total. The number of rotatable bonds is 5. The van der Waals surface area contributed by atoms with Crippen LogP contribution in [-0.4, -0.2) is 54.3 Å². The molecule has 1 aromatic heterocycles. The summed E-state index contributed by atoms with van der Waals surface area (Å²) < 4.78 is 16.7. The zero-order valence-electron chi connectivity index (χ0n) is 16.1. The lowest BCUT2D eigenvalue weighted by Crippen LogP contribution is -2.37. The first kappa shape index (κ1) is 18.2. The average Bonchev–Trinajstić information content (AvgIpc) is 3.19. The molecule has 6 heteroatoms. The van der Waals surface area contributed by atoms with Crippen LogP contribution in [0.5, 0.6) is 17.4 Å². The molecule has 1 unspecified atom stereocenters. The Hall–Kier alpha value is -2.18. The Bertz CT molecular complexity index is 777. The highest BCUT2D eigenvalue weighted by Crippen LogP contribution is 2.31. The van der Waals surface area contributed by atoms with Crippen LogP contribution in [0.2, 0.25) is 0 Å². The Balaban J connectivity index is 1.47. The molecule has 0 bridgehead atoms. The quantitative estimate of drug-likeness (QED) is 0.803. The SMILES string of the molecule is COc1cccc(Oc2cc(C)nc(C3CCN(C4CCOCC4)C3)n2)c1. The zero-order valence-corrected chi connectivity index (χ0v) is 16.1. The maximum absolute atomic E-state index is 5.98. The Morgan fingerprint density at radius 1 is 1.07 bits per heavy atom. The molecule has 4 rings (SSSR count). The second-order valence-electron chi connectivity index (χ2n) is 7.31. The summed E-state index contributed by atoms with van der Waals surface area (Å²) in [5.74, 6) is 3.33. The van der Waals surface area contributed by atoms with Crippen molar-refractivity contribution in [3.05, 3.63) is 41.9 Å². The van der Waals surface area contributed by atoms with Gasteiger partial charge in [-0.25, -0.2) is 4.98 Å². The van der Waals surface area contributed by atoms with Gasteiger partial charge in [0.05, 0.1) is 7.11 Å². The molecule has 0 aliphatic carbocycles. The van der Waals surface area contributed by atoms with Gasteiger partial charge in [0.15, 0.2) is 0 Å². The first-order chi connectivity index (χ1) is 13.2. The highest BCUT2D eigenvalue weighted by atomic mass is 16.5. The lowest BCUT2D eigenvalue weighted by molar-refractivity contribution is 0.0419. The van der Waals surface area contributed by atoms with E-state index >= 15 is 0 Å². The van der Waals surface area contributed by atoms with Gasteiger partial charge in [-0.05, 0) is 44.9 Å². The van der Waals surface area contributed by atoms with E-state index in [1.807, 2.05) is 37.3 Å². The minimum Gasteiger partial charge on any atom is -0.497 e. The van der Waals surface area contributed by atoms with Crippen LogP contribution in [0.25, 0.3) is 0 Å². The van der Waals surface area contributed by atoms with Crippen molar-refractivity contribution in [1.82, 2.24) is 14.9 Å².